The second kappa shape index (κ2) is 4.19. The van der Waals surface area contributed by atoms with Crippen molar-refractivity contribution < 1.29 is 9.90 Å². The highest BCUT2D eigenvalue weighted by molar-refractivity contribution is 7.17. The molecule has 0 saturated heterocycles. The van der Waals surface area contributed by atoms with Crippen LogP contribution in [0.4, 0.5) is 0 Å². The first-order chi connectivity index (χ1) is 8.75. The number of pyridine rings is 2. The Kier molecular flexibility index (Phi) is 2.53. The Morgan fingerprint density at radius 3 is 2.89 bits per heavy atom. The minimum absolute atomic E-state index is 0.252. The molecule has 0 radical (unpaired) electrons. The number of hydrogen-bond acceptors (Lipinski definition) is 4. The number of aromatic nitrogens is 2. The number of carboxylic acid groups (broad SMARTS) is 1. The lowest BCUT2D eigenvalue weighted by atomic mass is 10.1. The second-order valence-corrected chi connectivity index (χ2v) is 4.65. The first kappa shape index (κ1) is 10.9. The fourth-order valence-electron chi connectivity index (χ4n) is 1.74. The van der Waals surface area contributed by atoms with Crippen LogP contribution in [0.2, 0.25) is 0 Å². The molecular formula is C13H8N2O2S. The second-order valence-electron chi connectivity index (χ2n) is 3.74. The van der Waals surface area contributed by atoms with Crippen molar-refractivity contribution in [2.45, 2.75) is 0 Å². The Balaban J connectivity index is 2.16. The molecule has 0 amide bonds. The van der Waals surface area contributed by atoms with Gasteiger partial charge in [0.2, 0.25) is 0 Å². The molecule has 0 bridgehead atoms. The summed E-state index contributed by atoms with van der Waals surface area (Å²) in [5.74, 6) is -0.945. The average Bonchev–Trinajstić information content (AvgIpc) is 2.82. The summed E-state index contributed by atoms with van der Waals surface area (Å²) in [5, 5.41) is 10.6. The molecule has 0 aromatic carbocycles. The number of carbonyl (C=O) groups is 1. The van der Waals surface area contributed by atoms with E-state index in [1.54, 1.807) is 17.8 Å². The van der Waals surface area contributed by atoms with Crippen LogP contribution in [0.5, 0.6) is 0 Å². The summed E-state index contributed by atoms with van der Waals surface area (Å²) in [4.78, 5) is 19.5. The molecule has 1 N–H and O–H groups in total. The third-order valence-electron chi connectivity index (χ3n) is 2.60. The smallest absolute Gasteiger partial charge is 0.338 e. The fourth-order valence-corrected chi connectivity index (χ4v) is 2.67. The van der Waals surface area contributed by atoms with Gasteiger partial charge in [0.05, 0.1) is 21.5 Å². The van der Waals surface area contributed by atoms with Gasteiger partial charge in [0.15, 0.2) is 0 Å². The molecule has 0 atom stereocenters. The fraction of sp³-hybridized carbons (Fsp3) is 0. The van der Waals surface area contributed by atoms with Crippen LogP contribution in [0.25, 0.3) is 21.5 Å². The van der Waals surface area contributed by atoms with Crippen molar-refractivity contribution in [2.75, 3.05) is 0 Å². The Morgan fingerprint density at radius 2 is 2.17 bits per heavy atom. The number of aromatic carboxylic acids is 1. The number of thiophene rings is 1. The highest BCUT2D eigenvalue weighted by atomic mass is 32.1. The molecule has 88 valence electrons. The van der Waals surface area contributed by atoms with Crippen LogP contribution in [0.1, 0.15) is 10.4 Å². The molecule has 0 spiro atoms. The Hall–Kier alpha value is -2.27. The Bertz CT molecular complexity index is 722. The van der Waals surface area contributed by atoms with E-state index >= 15 is 0 Å². The van der Waals surface area contributed by atoms with Crippen LogP contribution < -0.4 is 0 Å². The van der Waals surface area contributed by atoms with Crippen LogP contribution in [-0.2, 0) is 0 Å². The quantitative estimate of drug-likeness (QED) is 0.765. The normalized spacial score (nSPS) is 10.7. The van der Waals surface area contributed by atoms with Gasteiger partial charge in [0, 0.05) is 23.3 Å². The number of hydrogen-bond donors (Lipinski definition) is 1. The maximum absolute atomic E-state index is 11.0. The van der Waals surface area contributed by atoms with Gasteiger partial charge in [-0.05, 0) is 18.2 Å². The molecule has 3 aromatic rings. The van der Waals surface area contributed by atoms with Crippen molar-refractivity contribution in [3.63, 3.8) is 0 Å². The molecule has 18 heavy (non-hydrogen) atoms. The van der Waals surface area contributed by atoms with E-state index in [1.807, 2.05) is 24.3 Å². The number of rotatable bonds is 2. The van der Waals surface area contributed by atoms with Gasteiger partial charge in [-0.1, -0.05) is 6.07 Å². The molecule has 5 heteroatoms. The van der Waals surface area contributed by atoms with Gasteiger partial charge >= 0.3 is 5.97 Å². The van der Waals surface area contributed by atoms with E-state index < -0.39 is 5.97 Å². The minimum atomic E-state index is -0.945. The predicted octanol–water partition coefficient (Wildman–Crippen LogP) is 3.06. The number of nitrogens with zero attached hydrogens (tertiary/aromatic N) is 2. The van der Waals surface area contributed by atoms with Crippen LogP contribution in [0.3, 0.4) is 0 Å². The van der Waals surface area contributed by atoms with Gasteiger partial charge in [0.25, 0.3) is 0 Å². The van der Waals surface area contributed by atoms with Crippen molar-refractivity contribution in [1.29, 1.82) is 0 Å². The SMILES string of the molecule is O=C(O)c1csc2cc(-c3ccccn3)cnc12. The van der Waals surface area contributed by atoms with Crippen molar-refractivity contribution in [2.24, 2.45) is 0 Å². The minimum Gasteiger partial charge on any atom is -0.478 e. The molecule has 0 saturated carbocycles. The summed E-state index contributed by atoms with van der Waals surface area (Å²) in [6.45, 7) is 0. The lowest BCUT2D eigenvalue weighted by Crippen LogP contribution is -1.95. The van der Waals surface area contributed by atoms with E-state index in [2.05, 4.69) is 9.97 Å². The molecule has 3 aromatic heterocycles. The van der Waals surface area contributed by atoms with E-state index in [9.17, 15) is 4.79 Å². The average molecular weight is 256 g/mol. The monoisotopic (exact) mass is 256 g/mol. The van der Waals surface area contributed by atoms with Crippen LogP contribution in [0, 0.1) is 0 Å². The molecular weight excluding hydrogens is 248 g/mol. The summed E-state index contributed by atoms with van der Waals surface area (Å²) in [5.41, 5.74) is 2.51. The first-order valence-corrected chi connectivity index (χ1v) is 6.15. The zero-order valence-corrected chi connectivity index (χ0v) is 10.0. The summed E-state index contributed by atoms with van der Waals surface area (Å²) < 4.78 is 0.857. The summed E-state index contributed by atoms with van der Waals surface area (Å²) in [6.07, 6.45) is 3.38. The highest BCUT2D eigenvalue weighted by Crippen LogP contribution is 2.28. The zero-order valence-electron chi connectivity index (χ0n) is 9.20. The number of carboxylic acids is 1. The third-order valence-corrected chi connectivity index (χ3v) is 3.52. The van der Waals surface area contributed by atoms with Gasteiger partial charge in [-0.15, -0.1) is 11.3 Å². The largest absolute Gasteiger partial charge is 0.478 e. The predicted molar refractivity (Wildman–Crippen MR) is 69.8 cm³/mol. The van der Waals surface area contributed by atoms with Gasteiger partial charge < -0.3 is 5.11 Å². The Labute approximate surface area is 107 Å². The molecule has 0 aliphatic heterocycles. The molecule has 3 rings (SSSR count). The van der Waals surface area contributed by atoms with E-state index in [4.69, 9.17) is 5.11 Å². The number of fused-ring (bicyclic) bond motifs is 1. The van der Waals surface area contributed by atoms with Gasteiger partial charge in [-0.25, -0.2) is 4.79 Å². The third kappa shape index (κ3) is 1.74. The van der Waals surface area contributed by atoms with Crippen LogP contribution in [0.15, 0.2) is 42.0 Å². The van der Waals surface area contributed by atoms with Gasteiger partial charge in [-0.2, -0.15) is 0 Å². The first-order valence-electron chi connectivity index (χ1n) is 5.27. The highest BCUT2D eigenvalue weighted by Gasteiger charge is 2.12. The van der Waals surface area contributed by atoms with Crippen molar-refractivity contribution >= 4 is 27.5 Å². The van der Waals surface area contributed by atoms with Gasteiger partial charge in [0.1, 0.15) is 0 Å². The maximum Gasteiger partial charge on any atom is 0.338 e. The maximum atomic E-state index is 11.0. The summed E-state index contributed by atoms with van der Waals surface area (Å²) >= 11 is 1.38. The van der Waals surface area contributed by atoms with E-state index in [0.29, 0.717) is 5.52 Å². The lowest BCUT2D eigenvalue weighted by molar-refractivity contribution is 0.0699. The van der Waals surface area contributed by atoms with Crippen molar-refractivity contribution in [1.82, 2.24) is 9.97 Å². The van der Waals surface area contributed by atoms with E-state index in [-0.39, 0.29) is 5.56 Å². The Morgan fingerprint density at radius 1 is 1.28 bits per heavy atom. The summed E-state index contributed by atoms with van der Waals surface area (Å²) in [7, 11) is 0. The summed E-state index contributed by atoms with van der Waals surface area (Å²) in [6, 6.07) is 7.57. The zero-order chi connectivity index (χ0) is 12.5. The lowest BCUT2D eigenvalue weighted by Gasteiger charge is -1.99. The molecule has 0 fully saturated rings. The van der Waals surface area contributed by atoms with E-state index in [1.165, 1.54) is 11.3 Å². The standard InChI is InChI=1S/C13H8N2O2S/c16-13(17)9-7-18-11-5-8(6-15-12(9)11)10-3-1-2-4-14-10/h1-7H,(H,16,17). The van der Waals surface area contributed by atoms with Crippen molar-refractivity contribution in [3.8, 4) is 11.3 Å². The molecule has 0 aliphatic rings. The molecule has 4 nitrogen and oxygen atoms in total. The van der Waals surface area contributed by atoms with E-state index in [0.717, 1.165) is 16.0 Å². The van der Waals surface area contributed by atoms with Crippen molar-refractivity contribution in [3.05, 3.63) is 47.6 Å². The van der Waals surface area contributed by atoms with Gasteiger partial charge in [-0.3, -0.25) is 9.97 Å². The molecule has 0 unspecified atom stereocenters. The topological polar surface area (TPSA) is 63.1 Å². The van der Waals surface area contributed by atoms with Crippen LogP contribution >= 0.6 is 11.3 Å². The van der Waals surface area contributed by atoms with Crippen LogP contribution in [-0.4, -0.2) is 21.0 Å². The molecule has 0 aliphatic carbocycles. The molecule has 3 heterocycles.